The van der Waals surface area contributed by atoms with E-state index < -0.39 is 0 Å². The number of hydrogen-bond acceptors (Lipinski definition) is 1. The van der Waals surface area contributed by atoms with Crippen molar-refractivity contribution < 1.29 is 5.11 Å². The predicted molar refractivity (Wildman–Crippen MR) is 119 cm³/mol. The van der Waals surface area contributed by atoms with Crippen LogP contribution >= 0.6 is 0 Å². The van der Waals surface area contributed by atoms with Crippen LogP contribution < -0.4 is 0 Å². The smallest absolute Gasteiger partial charge is 0.0577 e. The summed E-state index contributed by atoms with van der Waals surface area (Å²) in [5.41, 5.74) is 2.60. The van der Waals surface area contributed by atoms with Crippen molar-refractivity contribution in [2.75, 3.05) is 0 Å². The summed E-state index contributed by atoms with van der Waals surface area (Å²) in [6, 6.07) is 0. The Kier molecular flexibility index (Phi) is 5.80. The third-order valence-electron chi connectivity index (χ3n) is 10.3. The first-order chi connectivity index (χ1) is 13.3. The van der Waals surface area contributed by atoms with Crippen LogP contribution in [0.2, 0.25) is 0 Å². The maximum absolute atomic E-state index is 10.2. The molecule has 0 radical (unpaired) electrons. The summed E-state index contributed by atoms with van der Waals surface area (Å²) in [5, 5.41) is 10.2. The van der Waals surface area contributed by atoms with Crippen LogP contribution in [0.4, 0.5) is 0 Å². The molecule has 1 N–H and O–H groups in total. The van der Waals surface area contributed by atoms with Gasteiger partial charge < -0.3 is 5.11 Å². The molecular weight excluding hydrogens is 340 g/mol. The Morgan fingerprint density at radius 3 is 2.54 bits per heavy atom. The van der Waals surface area contributed by atoms with Crippen molar-refractivity contribution in [3.63, 3.8) is 0 Å². The minimum Gasteiger partial charge on any atom is -0.393 e. The lowest BCUT2D eigenvalue weighted by molar-refractivity contribution is -0.0573. The molecule has 3 saturated carbocycles. The number of aliphatic hydroxyl groups is 1. The lowest BCUT2D eigenvalue weighted by Crippen LogP contribution is -2.50. The fourth-order valence-corrected chi connectivity index (χ4v) is 8.67. The lowest BCUT2D eigenvalue weighted by atomic mass is 9.47. The van der Waals surface area contributed by atoms with Gasteiger partial charge in [0, 0.05) is 0 Å². The van der Waals surface area contributed by atoms with Crippen LogP contribution in [0.25, 0.3) is 0 Å². The van der Waals surface area contributed by atoms with E-state index in [0.29, 0.717) is 10.8 Å². The van der Waals surface area contributed by atoms with E-state index in [4.69, 9.17) is 0 Å². The second-order valence-electron chi connectivity index (χ2n) is 12.2. The van der Waals surface area contributed by atoms with Gasteiger partial charge in [0.25, 0.3) is 0 Å². The molecule has 0 aromatic heterocycles. The molecule has 0 bridgehead atoms. The maximum Gasteiger partial charge on any atom is 0.0577 e. The molecule has 1 heteroatoms. The summed E-state index contributed by atoms with van der Waals surface area (Å²) < 4.78 is 0. The molecule has 4 aliphatic rings. The monoisotopic (exact) mass is 386 g/mol. The van der Waals surface area contributed by atoms with E-state index >= 15 is 0 Å². The fraction of sp³-hybridized carbons (Fsp3) is 0.926. The summed E-state index contributed by atoms with van der Waals surface area (Å²) in [6.45, 7) is 12.6. The van der Waals surface area contributed by atoms with Crippen molar-refractivity contribution in [1.29, 1.82) is 0 Å². The molecule has 0 amide bonds. The highest BCUT2D eigenvalue weighted by molar-refractivity contribution is 5.25. The largest absolute Gasteiger partial charge is 0.393 e. The van der Waals surface area contributed by atoms with Gasteiger partial charge in [-0.25, -0.2) is 0 Å². The molecule has 0 spiro atoms. The van der Waals surface area contributed by atoms with E-state index in [1.165, 1.54) is 57.8 Å². The van der Waals surface area contributed by atoms with Crippen LogP contribution in [0, 0.1) is 46.3 Å². The first-order valence-electron chi connectivity index (χ1n) is 12.6. The normalized spacial score (nSPS) is 46.5. The van der Waals surface area contributed by atoms with Crippen LogP contribution in [0.1, 0.15) is 105 Å². The maximum atomic E-state index is 10.2. The van der Waals surface area contributed by atoms with E-state index in [9.17, 15) is 5.11 Å². The third kappa shape index (κ3) is 3.42. The van der Waals surface area contributed by atoms with Crippen molar-refractivity contribution in [3.8, 4) is 0 Å². The summed E-state index contributed by atoms with van der Waals surface area (Å²) in [6.07, 6.45) is 17.2. The molecule has 4 aliphatic carbocycles. The molecule has 160 valence electrons. The Bertz CT molecular complexity index is 591. The minimum absolute atomic E-state index is 0.0766. The molecular formula is C27H46O. The van der Waals surface area contributed by atoms with Gasteiger partial charge >= 0.3 is 0 Å². The Hall–Kier alpha value is -0.300. The van der Waals surface area contributed by atoms with Gasteiger partial charge in [-0.3, -0.25) is 0 Å². The highest BCUT2D eigenvalue weighted by Crippen LogP contribution is 2.67. The van der Waals surface area contributed by atoms with Crippen LogP contribution in [0.15, 0.2) is 11.6 Å². The Balaban J connectivity index is 1.49. The molecule has 28 heavy (non-hydrogen) atoms. The Morgan fingerprint density at radius 2 is 1.79 bits per heavy atom. The summed E-state index contributed by atoms with van der Waals surface area (Å²) >= 11 is 0. The van der Waals surface area contributed by atoms with E-state index in [1.54, 1.807) is 5.57 Å². The topological polar surface area (TPSA) is 20.2 Å². The van der Waals surface area contributed by atoms with Crippen molar-refractivity contribution in [1.82, 2.24) is 0 Å². The summed E-state index contributed by atoms with van der Waals surface area (Å²) in [4.78, 5) is 0. The van der Waals surface area contributed by atoms with Gasteiger partial charge in [-0.1, -0.05) is 65.5 Å². The van der Waals surface area contributed by atoms with Crippen molar-refractivity contribution >= 4 is 0 Å². The van der Waals surface area contributed by atoms with E-state index in [2.05, 4.69) is 40.7 Å². The summed E-state index contributed by atoms with van der Waals surface area (Å²) in [7, 11) is 0. The molecule has 0 saturated heterocycles. The van der Waals surface area contributed by atoms with Gasteiger partial charge in [-0.2, -0.15) is 0 Å². The molecule has 8 atom stereocenters. The highest BCUT2D eigenvalue weighted by atomic mass is 16.3. The first-order valence-corrected chi connectivity index (χ1v) is 12.6. The number of allylic oxidation sites excluding steroid dienone is 1. The van der Waals surface area contributed by atoms with Gasteiger partial charge in [0.15, 0.2) is 0 Å². The zero-order valence-corrected chi connectivity index (χ0v) is 19.3. The zero-order valence-electron chi connectivity index (χ0n) is 19.3. The standard InChI is InChI=1S/C27H46O/c1-18(2)7-6-8-19(3)23-11-12-24-22-10-9-20-17-21(28)13-15-26(20,4)25(22)14-16-27(23,24)5/h9,18-19,21-25,28H,6-8,10-17H2,1-5H3/t19-,21-,22+,23+,24+,25+,26-,27-/m1/s1. The van der Waals surface area contributed by atoms with Crippen LogP contribution in [-0.2, 0) is 0 Å². The minimum atomic E-state index is -0.0766. The van der Waals surface area contributed by atoms with Crippen LogP contribution in [0.3, 0.4) is 0 Å². The number of hydrogen-bond donors (Lipinski definition) is 1. The molecule has 0 unspecified atom stereocenters. The number of rotatable bonds is 5. The van der Waals surface area contributed by atoms with E-state index in [-0.39, 0.29) is 6.10 Å². The average molecular weight is 387 g/mol. The summed E-state index contributed by atoms with van der Waals surface area (Å²) in [5.74, 6) is 5.46. The average Bonchev–Trinajstić information content (AvgIpc) is 2.99. The highest BCUT2D eigenvalue weighted by Gasteiger charge is 2.59. The van der Waals surface area contributed by atoms with Gasteiger partial charge in [-0.05, 0) is 97.7 Å². The molecule has 3 fully saturated rings. The van der Waals surface area contributed by atoms with E-state index in [1.807, 2.05) is 0 Å². The van der Waals surface area contributed by atoms with Gasteiger partial charge in [0.2, 0.25) is 0 Å². The quantitative estimate of drug-likeness (QED) is 0.488. The molecule has 0 aliphatic heterocycles. The SMILES string of the molecule is CC(C)CCC[C@@H](C)[C@@H]1CC[C@H]2[C@@H]3CC=C4C[C@H](O)CC[C@@]4(C)[C@H]3CC[C@@]21C. The lowest BCUT2D eigenvalue weighted by Gasteiger charge is -2.58. The molecule has 0 aromatic carbocycles. The van der Waals surface area contributed by atoms with E-state index in [0.717, 1.165) is 48.3 Å². The molecule has 0 aromatic rings. The van der Waals surface area contributed by atoms with Crippen molar-refractivity contribution in [3.05, 3.63) is 11.6 Å². The number of fused-ring (bicyclic) bond motifs is 5. The zero-order chi connectivity index (χ0) is 20.1. The Labute approximate surface area is 174 Å². The second kappa shape index (κ2) is 7.75. The number of aliphatic hydroxyl groups excluding tert-OH is 1. The van der Waals surface area contributed by atoms with Gasteiger partial charge in [0.1, 0.15) is 0 Å². The molecule has 1 nitrogen and oxygen atoms in total. The molecule has 4 rings (SSSR count). The van der Waals surface area contributed by atoms with Gasteiger partial charge in [-0.15, -0.1) is 0 Å². The Morgan fingerprint density at radius 1 is 1.00 bits per heavy atom. The van der Waals surface area contributed by atoms with Crippen LogP contribution in [0.5, 0.6) is 0 Å². The molecule has 0 heterocycles. The van der Waals surface area contributed by atoms with Crippen LogP contribution in [-0.4, -0.2) is 11.2 Å². The van der Waals surface area contributed by atoms with Crippen molar-refractivity contribution in [2.45, 2.75) is 111 Å². The second-order valence-corrected chi connectivity index (χ2v) is 12.2. The first kappa shape index (κ1) is 21.0. The predicted octanol–water partition coefficient (Wildman–Crippen LogP) is 7.39. The third-order valence-corrected chi connectivity index (χ3v) is 10.3. The van der Waals surface area contributed by atoms with Gasteiger partial charge in [0.05, 0.1) is 6.10 Å². The fourth-order valence-electron chi connectivity index (χ4n) is 8.67. The van der Waals surface area contributed by atoms with Crippen molar-refractivity contribution in [2.24, 2.45) is 46.3 Å².